The molecular weight excluding hydrogens is 180 g/mol. The van der Waals surface area contributed by atoms with Crippen molar-refractivity contribution in [1.29, 1.82) is 5.26 Å². The van der Waals surface area contributed by atoms with Crippen molar-refractivity contribution in [1.82, 2.24) is 19.8 Å². The standard InChI is InChI=1S/C8H8N6/c1-4-6(3-9)13-14-7(4)8(10)11-5(2)12-14/h1-2H3,(H2,10,11,12). The maximum atomic E-state index is 8.76. The summed E-state index contributed by atoms with van der Waals surface area (Å²) >= 11 is 0. The van der Waals surface area contributed by atoms with Gasteiger partial charge in [-0.15, -0.1) is 14.8 Å². The number of nitrogens with zero attached hydrogens (tertiary/aromatic N) is 5. The number of fused-ring (bicyclic) bond motifs is 1. The summed E-state index contributed by atoms with van der Waals surface area (Å²) in [4.78, 5) is 4.01. The zero-order chi connectivity index (χ0) is 10.3. The van der Waals surface area contributed by atoms with E-state index in [1.165, 1.54) is 4.63 Å². The largest absolute Gasteiger partial charge is 0.382 e. The molecule has 0 aliphatic heterocycles. The molecule has 0 saturated heterocycles. The fraction of sp³-hybridized carbons (Fsp3) is 0.250. The van der Waals surface area contributed by atoms with Crippen LogP contribution in [-0.4, -0.2) is 19.8 Å². The molecule has 0 spiro atoms. The van der Waals surface area contributed by atoms with Crippen molar-refractivity contribution < 1.29 is 0 Å². The van der Waals surface area contributed by atoms with Gasteiger partial charge in [-0.2, -0.15) is 5.26 Å². The van der Waals surface area contributed by atoms with Crippen molar-refractivity contribution >= 4 is 11.3 Å². The second-order valence-corrected chi connectivity index (χ2v) is 2.97. The maximum Gasteiger partial charge on any atom is 0.168 e. The highest BCUT2D eigenvalue weighted by Crippen LogP contribution is 2.17. The van der Waals surface area contributed by atoms with Crippen LogP contribution in [0.15, 0.2) is 0 Å². The molecular formula is C8H8N6. The second-order valence-electron chi connectivity index (χ2n) is 2.97. The lowest BCUT2D eigenvalue weighted by molar-refractivity contribution is 0.755. The highest BCUT2D eigenvalue weighted by molar-refractivity contribution is 5.71. The highest BCUT2D eigenvalue weighted by atomic mass is 15.4. The summed E-state index contributed by atoms with van der Waals surface area (Å²) in [5.41, 5.74) is 7.35. The minimum atomic E-state index is 0.330. The lowest BCUT2D eigenvalue weighted by atomic mass is 10.2. The monoisotopic (exact) mass is 188 g/mol. The summed E-state index contributed by atoms with van der Waals surface area (Å²) in [5.74, 6) is 0.881. The Morgan fingerprint density at radius 2 is 2.07 bits per heavy atom. The first-order chi connectivity index (χ1) is 6.63. The van der Waals surface area contributed by atoms with E-state index in [-0.39, 0.29) is 0 Å². The second kappa shape index (κ2) is 2.67. The quantitative estimate of drug-likeness (QED) is 0.637. The summed E-state index contributed by atoms with van der Waals surface area (Å²) in [5, 5.41) is 16.8. The lowest BCUT2D eigenvalue weighted by Crippen LogP contribution is -2.04. The third kappa shape index (κ3) is 0.992. The smallest absolute Gasteiger partial charge is 0.168 e. The summed E-state index contributed by atoms with van der Waals surface area (Å²) in [6.07, 6.45) is 0. The Morgan fingerprint density at radius 1 is 1.36 bits per heavy atom. The molecule has 2 N–H and O–H groups in total. The van der Waals surface area contributed by atoms with Crippen LogP contribution in [0.3, 0.4) is 0 Å². The topological polar surface area (TPSA) is 92.9 Å². The van der Waals surface area contributed by atoms with E-state index in [0.717, 1.165) is 0 Å². The molecule has 0 aliphatic rings. The van der Waals surface area contributed by atoms with Gasteiger partial charge in [0.15, 0.2) is 11.5 Å². The minimum Gasteiger partial charge on any atom is -0.382 e. The molecule has 0 saturated carbocycles. The van der Waals surface area contributed by atoms with Gasteiger partial charge >= 0.3 is 0 Å². The SMILES string of the molecule is Cc1nc(N)c2c(C)c(C#N)nn2n1. The van der Waals surface area contributed by atoms with Crippen LogP contribution < -0.4 is 5.73 Å². The molecule has 0 fully saturated rings. The number of nitriles is 1. The Bertz CT molecular complexity index is 547. The van der Waals surface area contributed by atoms with Crippen molar-refractivity contribution in [2.45, 2.75) is 13.8 Å². The fourth-order valence-electron chi connectivity index (χ4n) is 1.34. The first-order valence-corrected chi connectivity index (χ1v) is 4.03. The summed E-state index contributed by atoms with van der Waals surface area (Å²) in [6, 6.07) is 1.98. The van der Waals surface area contributed by atoms with E-state index in [2.05, 4.69) is 15.2 Å². The van der Waals surface area contributed by atoms with Crippen LogP contribution in [0, 0.1) is 25.2 Å². The predicted molar refractivity (Wildman–Crippen MR) is 49.4 cm³/mol. The van der Waals surface area contributed by atoms with E-state index < -0.39 is 0 Å². The van der Waals surface area contributed by atoms with Crippen LogP contribution in [0.25, 0.3) is 5.52 Å². The number of hydrogen-bond acceptors (Lipinski definition) is 5. The highest BCUT2D eigenvalue weighted by Gasteiger charge is 2.12. The van der Waals surface area contributed by atoms with E-state index >= 15 is 0 Å². The fourth-order valence-corrected chi connectivity index (χ4v) is 1.34. The third-order valence-corrected chi connectivity index (χ3v) is 1.98. The molecule has 0 aromatic carbocycles. The molecule has 6 heteroatoms. The summed E-state index contributed by atoms with van der Waals surface area (Å²) in [6.45, 7) is 3.49. The zero-order valence-electron chi connectivity index (χ0n) is 7.81. The Labute approximate surface area is 80.0 Å². The average Bonchev–Trinajstić information content (AvgIpc) is 2.42. The molecule has 2 heterocycles. The first kappa shape index (κ1) is 8.44. The van der Waals surface area contributed by atoms with E-state index in [9.17, 15) is 0 Å². The average molecular weight is 188 g/mol. The Kier molecular flexibility index (Phi) is 1.61. The number of anilines is 1. The Hall–Kier alpha value is -2.16. The number of nitrogens with two attached hydrogens (primary N) is 1. The maximum absolute atomic E-state index is 8.76. The van der Waals surface area contributed by atoms with E-state index in [1.807, 2.05) is 6.07 Å². The summed E-state index contributed by atoms with van der Waals surface area (Å²) < 4.78 is 1.35. The molecule has 0 aliphatic carbocycles. The van der Waals surface area contributed by atoms with Gasteiger partial charge < -0.3 is 5.73 Å². The van der Waals surface area contributed by atoms with Gasteiger partial charge in [-0.25, -0.2) is 4.98 Å². The molecule has 70 valence electrons. The van der Waals surface area contributed by atoms with Crippen molar-refractivity contribution in [2.75, 3.05) is 5.73 Å². The molecule has 0 unspecified atom stereocenters. The first-order valence-electron chi connectivity index (χ1n) is 4.03. The molecule has 0 atom stereocenters. The van der Waals surface area contributed by atoms with Crippen LogP contribution in [0.4, 0.5) is 5.82 Å². The molecule has 6 nitrogen and oxygen atoms in total. The number of hydrogen-bond donors (Lipinski definition) is 1. The van der Waals surface area contributed by atoms with E-state index in [0.29, 0.717) is 28.4 Å². The van der Waals surface area contributed by atoms with Crippen molar-refractivity contribution in [3.63, 3.8) is 0 Å². The molecule has 2 aromatic rings. The minimum absolute atomic E-state index is 0.330. The molecule has 0 amide bonds. The third-order valence-electron chi connectivity index (χ3n) is 1.98. The lowest BCUT2D eigenvalue weighted by Gasteiger charge is -1.98. The van der Waals surface area contributed by atoms with Gasteiger partial charge in [0, 0.05) is 5.56 Å². The number of aromatic nitrogens is 4. The van der Waals surface area contributed by atoms with Crippen molar-refractivity contribution in [2.24, 2.45) is 0 Å². The van der Waals surface area contributed by atoms with Crippen LogP contribution in [0.5, 0.6) is 0 Å². The number of aryl methyl sites for hydroxylation is 2. The van der Waals surface area contributed by atoms with Gasteiger partial charge in [-0.05, 0) is 13.8 Å². The number of rotatable bonds is 0. The van der Waals surface area contributed by atoms with Gasteiger partial charge in [0.25, 0.3) is 0 Å². The van der Waals surface area contributed by atoms with E-state index in [4.69, 9.17) is 11.0 Å². The van der Waals surface area contributed by atoms with Crippen LogP contribution in [0.2, 0.25) is 0 Å². The van der Waals surface area contributed by atoms with Gasteiger partial charge in [0.1, 0.15) is 17.4 Å². The van der Waals surface area contributed by atoms with Crippen LogP contribution in [-0.2, 0) is 0 Å². The van der Waals surface area contributed by atoms with Gasteiger partial charge in [0.05, 0.1) is 0 Å². The Morgan fingerprint density at radius 3 is 2.71 bits per heavy atom. The molecule has 0 bridgehead atoms. The number of nitrogen functional groups attached to an aromatic ring is 1. The molecule has 0 radical (unpaired) electrons. The van der Waals surface area contributed by atoms with Crippen LogP contribution in [0.1, 0.15) is 17.1 Å². The van der Waals surface area contributed by atoms with Gasteiger partial charge in [-0.3, -0.25) is 0 Å². The van der Waals surface area contributed by atoms with Crippen molar-refractivity contribution in [3.05, 3.63) is 17.1 Å². The normalized spacial score (nSPS) is 10.4. The predicted octanol–water partition coefficient (Wildman–Crippen LogP) is 0.195. The summed E-state index contributed by atoms with van der Waals surface area (Å²) in [7, 11) is 0. The van der Waals surface area contributed by atoms with Gasteiger partial charge in [-0.1, -0.05) is 0 Å². The van der Waals surface area contributed by atoms with Gasteiger partial charge in [0.2, 0.25) is 0 Å². The van der Waals surface area contributed by atoms with Crippen LogP contribution >= 0.6 is 0 Å². The molecule has 2 aromatic heterocycles. The molecule has 2 rings (SSSR count). The Balaban J connectivity index is 2.94. The molecule has 14 heavy (non-hydrogen) atoms. The van der Waals surface area contributed by atoms with E-state index in [1.54, 1.807) is 13.8 Å². The zero-order valence-corrected chi connectivity index (χ0v) is 7.81. The van der Waals surface area contributed by atoms with Crippen molar-refractivity contribution in [3.8, 4) is 6.07 Å².